The summed E-state index contributed by atoms with van der Waals surface area (Å²) in [6, 6.07) is 6.74. The number of carboxylic acid groups (broad SMARTS) is 1. The van der Waals surface area contributed by atoms with E-state index in [4.69, 9.17) is 14.6 Å². The number of nitrogens with zero attached hydrogens (tertiary/aromatic N) is 3. The molecule has 0 bridgehead atoms. The predicted octanol–water partition coefficient (Wildman–Crippen LogP) is 2.00. The number of alkyl halides is 3. The highest BCUT2D eigenvalue weighted by Crippen LogP contribution is 2.22. The van der Waals surface area contributed by atoms with E-state index in [1.807, 2.05) is 27.6 Å². The molecular formula is C21H27F3N4O4. The van der Waals surface area contributed by atoms with Gasteiger partial charge in [0.25, 0.3) is 5.56 Å². The van der Waals surface area contributed by atoms with Crippen LogP contribution in [0.1, 0.15) is 30.5 Å². The smallest absolute Gasteiger partial charge is 0.475 e. The first-order valence-electron chi connectivity index (χ1n) is 10.6. The van der Waals surface area contributed by atoms with Crippen LogP contribution in [0.5, 0.6) is 0 Å². The fraction of sp³-hybridized carbons (Fsp3) is 0.571. The second-order valence-corrected chi connectivity index (χ2v) is 7.86. The number of carbonyl (C=O) groups is 1. The zero-order chi connectivity index (χ0) is 23.1. The van der Waals surface area contributed by atoms with Crippen molar-refractivity contribution in [1.29, 1.82) is 0 Å². The molecule has 176 valence electrons. The minimum absolute atomic E-state index is 0.0988. The van der Waals surface area contributed by atoms with Crippen molar-refractivity contribution < 1.29 is 27.8 Å². The number of pyridine rings is 1. The molecule has 0 saturated carbocycles. The van der Waals surface area contributed by atoms with Gasteiger partial charge in [-0.15, -0.1) is 0 Å². The maximum Gasteiger partial charge on any atom is 0.490 e. The molecule has 0 amide bonds. The maximum atomic E-state index is 12.4. The lowest BCUT2D eigenvalue weighted by Crippen LogP contribution is -2.45. The summed E-state index contributed by atoms with van der Waals surface area (Å²) in [5, 5.41) is 15.2. The van der Waals surface area contributed by atoms with Gasteiger partial charge in [-0.3, -0.25) is 9.48 Å². The van der Waals surface area contributed by atoms with Gasteiger partial charge < -0.3 is 19.7 Å². The van der Waals surface area contributed by atoms with Crippen LogP contribution in [-0.2, 0) is 35.5 Å². The van der Waals surface area contributed by atoms with Crippen LogP contribution in [0, 0.1) is 0 Å². The van der Waals surface area contributed by atoms with Crippen molar-refractivity contribution >= 4 is 5.97 Å². The molecule has 2 aromatic rings. The molecule has 1 aliphatic heterocycles. The number of hydrogen-bond donors (Lipinski definition) is 2. The van der Waals surface area contributed by atoms with Crippen LogP contribution >= 0.6 is 0 Å². The summed E-state index contributed by atoms with van der Waals surface area (Å²) in [4.78, 5) is 21.2. The summed E-state index contributed by atoms with van der Waals surface area (Å²) >= 11 is 0. The molecule has 1 saturated heterocycles. The lowest BCUT2D eigenvalue weighted by molar-refractivity contribution is -0.192. The molecule has 2 N–H and O–H groups in total. The Labute approximate surface area is 183 Å². The van der Waals surface area contributed by atoms with E-state index in [2.05, 4.69) is 10.4 Å². The average Bonchev–Trinajstić information content (AvgIpc) is 3.27. The third kappa shape index (κ3) is 6.67. The monoisotopic (exact) mass is 456 g/mol. The maximum absolute atomic E-state index is 12.4. The van der Waals surface area contributed by atoms with Gasteiger partial charge in [-0.05, 0) is 43.7 Å². The topological polar surface area (TPSA) is 98.4 Å². The standard InChI is InChI=1S/C19H26N4O2.C2HF3O2/c24-19-5-2-15-14-17(21-16-6-12-25-13-7-16)3-4-18(15)23(19)11-10-22-9-1-8-20-22;3-2(4,5)1(6)7/h1-2,5,8-9,16-17,21H,3-4,6-7,10-14H2;(H,6,7). The zero-order valence-corrected chi connectivity index (χ0v) is 17.6. The zero-order valence-electron chi connectivity index (χ0n) is 17.6. The molecule has 3 heterocycles. The number of rotatable bonds is 5. The van der Waals surface area contributed by atoms with Crippen molar-refractivity contribution in [3.63, 3.8) is 0 Å². The second kappa shape index (κ2) is 10.8. The predicted molar refractivity (Wildman–Crippen MR) is 109 cm³/mol. The molecule has 2 aromatic heterocycles. The Bertz CT molecular complexity index is 938. The van der Waals surface area contributed by atoms with E-state index in [1.54, 1.807) is 12.3 Å². The van der Waals surface area contributed by atoms with Crippen LogP contribution in [0.25, 0.3) is 0 Å². The van der Waals surface area contributed by atoms with Gasteiger partial charge in [0.15, 0.2) is 0 Å². The number of aryl methyl sites for hydroxylation is 1. The summed E-state index contributed by atoms with van der Waals surface area (Å²) in [6.07, 6.45) is 3.90. The van der Waals surface area contributed by atoms with Crippen molar-refractivity contribution in [3.8, 4) is 0 Å². The highest BCUT2D eigenvalue weighted by atomic mass is 19.4. The molecule has 1 fully saturated rings. The van der Waals surface area contributed by atoms with Gasteiger partial charge in [-0.1, -0.05) is 6.07 Å². The highest BCUT2D eigenvalue weighted by molar-refractivity contribution is 5.73. The molecule has 0 spiro atoms. The lowest BCUT2D eigenvalue weighted by atomic mass is 9.90. The normalized spacial score (nSPS) is 19.0. The van der Waals surface area contributed by atoms with Gasteiger partial charge >= 0.3 is 12.1 Å². The van der Waals surface area contributed by atoms with E-state index >= 15 is 0 Å². The van der Waals surface area contributed by atoms with Crippen LogP contribution < -0.4 is 10.9 Å². The van der Waals surface area contributed by atoms with Crippen molar-refractivity contribution in [2.45, 2.75) is 63.5 Å². The van der Waals surface area contributed by atoms with Crippen LogP contribution in [0.2, 0.25) is 0 Å². The summed E-state index contributed by atoms with van der Waals surface area (Å²) in [7, 11) is 0. The molecule has 11 heteroatoms. The first-order valence-corrected chi connectivity index (χ1v) is 10.6. The first kappa shape index (κ1) is 24.0. The number of halogens is 3. The van der Waals surface area contributed by atoms with E-state index in [-0.39, 0.29) is 5.56 Å². The average molecular weight is 456 g/mol. The van der Waals surface area contributed by atoms with Gasteiger partial charge in [0.2, 0.25) is 0 Å². The van der Waals surface area contributed by atoms with E-state index in [1.165, 1.54) is 11.3 Å². The van der Waals surface area contributed by atoms with Crippen molar-refractivity contribution in [2.75, 3.05) is 13.2 Å². The molecule has 1 atom stereocenters. The van der Waals surface area contributed by atoms with E-state index < -0.39 is 12.1 Å². The van der Waals surface area contributed by atoms with Crippen LogP contribution in [0.3, 0.4) is 0 Å². The molecular weight excluding hydrogens is 429 g/mol. The number of ether oxygens (including phenoxy) is 1. The SMILES string of the molecule is O=C(O)C(F)(F)F.O=c1ccc2c(n1CCn1cccn1)CCC(NC1CCOCC1)C2. The van der Waals surface area contributed by atoms with Gasteiger partial charge in [-0.25, -0.2) is 4.79 Å². The molecule has 4 rings (SSSR count). The Balaban J connectivity index is 0.000000360. The Morgan fingerprint density at radius 3 is 2.53 bits per heavy atom. The summed E-state index contributed by atoms with van der Waals surface area (Å²) in [5.41, 5.74) is 2.63. The first-order chi connectivity index (χ1) is 15.2. The van der Waals surface area contributed by atoms with Crippen LogP contribution in [0.4, 0.5) is 13.2 Å². The Morgan fingerprint density at radius 2 is 1.91 bits per heavy atom. The molecule has 8 nitrogen and oxygen atoms in total. The van der Waals surface area contributed by atoms with E-state index in [9.17, 15) is 18.0 Å². The molecule has 2 aliphatic rings. The summed E-state index contributed by atoms with van der Waals surface area (Å²) < 4.78 is 41.0. The summed E-state index contributed by atoms with van der Waals surface area (Å²) in [6.45, 7) is 3.15. The number of carboxylic acids is 1. The quantitative estimate of drug-likeness (QED) is 0.714. The van der Waals surface area contributed by atoms with E-state index in [0.717, 1.165) is 51.9 Å². The minimum atomic E-state index is -5.08. The highest BCUT2D eigenvalue weighted by Gasteiger charge is 2.38. The molecule has 32 heavy (non-hydrogen) atoms. The van der Waals surface area contributed by atoms with Gasteiger partial charge in [-0.2, -0.15) is 18.3 Å². The van der Waals surface area contributed by atoms with Crippen molar-refractivity contribution in [3.05, 3.63) is 52.2 Å². The number of aliphatic carboxylic acids is 1. The Hall–Kier alpha value is -2.66. The molecule has 0 aromatic carbocycles. The van der Waals surface area contributed by atoms with Crippen LogP contribution in [-0.4, -0.2) is 56.9 Å². The van der Waals surface area contributed by atoms with Gasteiger partial charge in [0.1, 0.15) is 0 Å². The largest absolute Gasteiger partial charge is 0.490 e. The Morgan fingerprint density at radius 1 is 1.19 bits per heavy atom. The second-order valence-electron chi connectivity index (χ2n) is 7.86. The third-order valence-corrected chi connectivity index (χ3v) is 5.63. The fourth-order valence-electron chi connectivity index (χ4n) is 4.04. The van der Waals surface area contributed by atoms with Crippen LogP contribution in [0.15, 0.2) is 35.4 Å². The number of fused-ring (bicyclic) bond motifs is 1. The molecule has 1 unspecified atom stereocenters. The van der Waals surface area contributed by atoms with E-state index in [0.29, 0.717) is 18.6 Å². The number of aromatic nitrogens is 3. The molecule has 0 radical (unpaired) electrons. The number of nitrogens with one attached hydrogen (secondary N) is 1. The van der Waals surface area contributed by atoms with Crippen molar-refractivity contribution in [1.82, 2.24) is 19.7 Å². The van der Waals surface area contributed by atoms with Gasteiger partial charge in [0, 0.05) is 56.0 Å². The fourth-order valence-corrected chi connectivity index (χ4v) is 4.04. The molecule has 1 aliphatic carbocycles. The van der Waals surface area contributed by atoms with Crippen molar-refractivity contribution in [2.24, 2.45) is 0 Å². The minimum Gasteiger partial charge on any atom is -0.475 e. The third-order valence-electron chi connectivity index (χ3n) is 5.63. The Kier molecular flexibility index (Phi) is 8.08. The summed E-state index contributed by atoms with van der Waals surface area (Å²) in [5.74, 6) is -2.76. The number of hydrogen-bond acceptors (Lipinski definition) is 5. The van der Waals surface area contributed by atoms with Gasteiger partial charge in [0.05, 0.1) is 6.54 Å². The lowest BCUT2D eigenvalue weighted by Gasteiger charge is -2.32.